The zero-order chi connectivity index (χ0) is 11.7. The third-order valence-corrected chi connectivity index (χ3v) is 2.16. The van der Waals surface area contributed by atoms with Crippen LogP contribution in [0.1, 0.15) is 10.4 Å². The van der Waals surface area contributed by atoms with E-state index in [0.717, 1.165) is 17.1 Å². The number of carbonyl (C=O) groups is 3. The van der Waals surface area contributed by atoms with E-state index in [0.29, 0.717) is 0 Å². The van der Waals surface area contributed by atoms with Crippen molar-refractivity contribution in [1.82, 2.24) is 0 Å². The Balaban J connectivity index is 0.00000144. The predicted octanol–water partition coefficient (Wildman–Crippen LogP) is 1.24. The smallest absolute Gasteiger partial charge is 0.335 e. The third-order valence-electron chi connectivity index (χ3n) is 2.16. The zero-order valence-corrected chi connectivity index (χ0v) is 9.31. The Labute approximate surface area is 103 Å². The molecule has 1 aliphatic heterocycles. The van der Waals surface area contributed by atoms with Crippen molar-refractivity contribution in [2.75, 3.05) is 4.90 Å². The Hall–Kier alpha value is -2.14. The number of hydrogen-bond acceptors (Lipinski definition) is 3. The number of imide groups is 1. The molecule has 0 fully saturated rings. The lowest BCUT2D eigenvalue weighted by Gasteiger charge is -2.13. The van der Waals surface area contributed by atoms with E-state index in [1.807, 2.05) is 0 Å². The average Bonchev–Trinajstić information content (AvgIpc) is 2.59. The van der Waals surface area contributed by atoms with E-state index in [1.54, 1.807) is 0 Å². The molecule has 17 heavy (non-hydrogen) atoms. The molecule has 2 amide bonds. The predicted molar refractivity (Wildman–Crippen MR) is 62.3 cm³/mol. The number of carboxylic acid groups (broad SMARTS) is 1. The van der Waals surface area contributed by atoms with Crippen LogP contribution in [0.15, 0.2) is 36.4 Å². The second kappa shape index (κ2) is 4.80. The normalized spacial score (nSPS) is 13.8. The number of anilines is 1. The highest BCUT2D eigenvalue weighted by Gasteiger charge is 2.25. The molecule has 0 atom stereocenters. The fourth-order valence-corrected chi connectivity index (χ4v) is 1.43. The van der Waals surface area contributed by atoms with Crippen molar-refractivity contribution in [3.05, 3.63) is 42.0 Å². The van der Waals surface area contributed by atoms with E-state index in [9.17, 15) is 14.4 Å². The topological polar surface area (TPSA) is 74.7 Å². The fourth-order valence-electron chi connectivity index (χ4n) is 1.43. The summed E-state index contributed by atoms with van der Waals surface area (Å²) in [7, 11) is 0. The van der Waals surface area contributed by atoms with Crippen LogP contribution in [0.2, 0.25) is 0 Å². The summed E-state index contributed by atoms with van der Waals surface area (Å²) in [5, 5.41) is 8.78. The number of nitrogens with zero attached hydrogens (tertiary/aromatic N) is 1. The van der Waals surface area contributed by atoms with Crippen LogP contribution in [0.3, 0.4) is 0 Å². The van der Waals surface area contributed by atoms with Crippen LogP contribution < -0.4 is 4.90 Å². The molecule has 1 aromatic rings. The Kier molecular flexibility index (Phi) is 3.65. The van der Waals surface area contributed by atoms with Gasteiger partial charge in [-0.2, -0.15) is 0 Å². The minimum atomic E-state index is -1.10. The molecule has 1 heterocycles. The summed E-state index contributed by atoms with van der Waals surface area (Å²) in [6, 6.07) is 5.67. The van der Waals surface area contributed by atoms with Gasteiger partial charge in [-0.3, -0.25) is 9.59 Å². The molecule has 0 radical (unpaired) electrons. The lowest BCUT2D eigenvalue weighted by Crippen LogP contribution is -2.29. The van der Waals surface area contributed by atoms with Gasteiger partial charge in [-0.25, -0.2) is 9.69 Å². The summed E-state index contributed by atoms with van der Waals surface area (Å²) in [6.45, 7) is 0. The van der Waals surface area contributed by atoms with Gasteiger partial charge in [0.05, 0.1) is 11.3 Å². The Bertz CT molecular complexity index is 506. The molecule has 1 N–H and O–H groups in total. The second-order valence-corrected chi connectivity index (χ2v) is 3.20. The monoisotopic (exact) mass is 253 g/mol. The highest BCUT2D eigenvalue weighted by molar-refractivity contribution is 6.28. The van der Waals surface area contributed by atoms with Gasteiger partial charge in [0.25, 0.3) is 11.8 Å². The minimum Gasteiger partial charge on any atom is -0.478 e. The lowest BCUT2D eigenvalue weighted by molar-refractivity contribution is -0.119. The maximum absolute atomic E-state index is 11.3. The summed E-state index contributed by atoms with van der Waals surface area (Å²) in [5.41, 5.74) is 0.296. The number of aromatic carboxylic acids is 1. The van der Waals surface area contributed by atoms with E-state index in [1.165, 1.54) is 24.3 Å². The zero-order valence-electron chi connectivity index (χ0n) is 8.49. The van der Waals surface area contributed by atoms with Crippen LogP contribution in [-0.2, 0) is 9.59 Å². The van der Waals surface area contributed by atoms with Crippen LogP contribution in [0.4, 0.5) is 5.69 Å². The standard InChI is InChI=1S/C11H7NO4.ClH/c13-9-4-5-10(14)12(9)8-3-1-2-7(6-8)11(15)16;/h1-6H,(H,15,16);1H. The van der Waals surface area contributed by atoms with Gasteiger partial charge in [-0.15, -0.1) is 12.4 Å². The van der Waals surface area contributed by atoms with Crippen molar-refractivity contribution in [2.45, 2.75) is 0 Å². The highest BCUT2D eigenvalue weighted by Crippen LogP contribution is 2.20. The molecular weight excluding hydrogens is 246 g/mol. The Morgan fingerprint density at radius 1 is 1.12 bits per heavy atom. The van der Waals surface area contributed by atoms with E-state index in [2.05, 4.69) is 0 Å². The summed E-state index contributed by atoms with van der Waals surface area (Å²) >= 11 is 0. The van der Waals surface area contributed by atoms with Crippen LogP contribution in [0.25, 0.3) is 0 Å². The molecule has 88 valence electrons. The van der Waals surface area contributed by atoms with Crippen LogP contribution >= 0.6 is 12.4 Å². The molecule has 0 saturated heterocycles. The Morgan fingerprint density at radius 3 is 2.24 bits per heavy atom. The van der Waals surface area contributed by atoms with Gasteiger partial charge in [0.15, 0.2) is 0 Å². The fraction of sp³-hybridized carbons (Fsp3) is 0. The number of carboxylic acids is 1. The van der Waals surface area contributed by atoms with Crippen molar-refractivity contribution < 1.29 is 19.5 Å². The van der Waals surface area contributed by atoms with Gasteiger partial charge in [0.2, 0.25) is 0 Å². The molecule has 1 aliphatic rings. The van der Waals surface area contributed by atoms with Gasteiger partial charge in [0, 0.05) is 12.2 Å². The van der Waals surface area contributed by atoms with E-state index >= 15 is 0 Å². The van der Waals surface area contributed by atoms with E-state index in [4.69, 9.17) is 5.11 Å². The minimum absolute atomic E-state index is 0. The Morgan fingerprint density at radius 2 is 1.71 bits per heavy atom. The van der Waals surface area contributed by atoms with Crippen LogP contribution in [0, 0.1) is 0 Å². The molecule has 0 saturated carbocycles. The average molecular weight is 254 g/mol. The molecule has 0 spiro atoms. The molecule has 6 heteroatoms. The highest BCUT2D eigenvalue weighted by atomic mass is 35.5. The number of halogens is 1. The van der Waals surface area contributed by atoms with Crippen molar-refractivity contribution in [1.29, 1.82) is 0 Å². The van der Waals surface area contributed by atoms with E-state index in [-0.39, 0.29) is 23.7 Å². The van der Waals surface area contributed by atoms with Crippen molar-refractivity contribution in [2.24, 2.45) is 0 Å². The second-order valence-electron chi connectivity index (χ2n) is 3.20. The molecule has 0 bridgehead atoms. The molecule has 0 aromatic heterocycles. The third kappa shape index (κ3) is 2.34. The number of rotatable bonds is 2. The quantitative estimate of drug-likeness (QED) is 0.805. The molecule has 1 aromatic carbocycles. The van der Waals surface area contributed by atoms with Crippen molar-refractivity contribution in [3.8, 4) is 0 Å². The van der Waals surface area contributed by atoms with Gasteiger partial charge in [-0.05, 0) is 18.2 Å². The van der Waals surface area contributed by atoms with Crippen LogP contribution in [0.5, 0.6) is 0 Å². The summed E-state index contributed by atoms with van der Waals surface area (Å²) in [5.74, 6) is -2.03. The summed E-state index contributed by atoms with van der Waals surface area (Å²) in [6.07, 6.45) is 2.30. The summed E-state index contributed by atoms with van der Waals surface area (Å²) in [4.78, 5) is 34.3. The first-order valence-electron chi connectivity index (χ1n) is 4.49. The van der Waals surface area contributed by atoms with Gasteiger partial charge >= 0.3 is 5.97 Å². The first-order valence-corrected chi connectivity index (χ1v) is 4.49. The number of carbonyl (C=O) groups excluding carboxylic acids is 2. The first-order chi connectivity index (χ1) is 7.59. The van der Waals surface area contributed by atoms with Crippen molar-refractivity contribution >= 4 is 35.9 Å². The maximum Gasteiger partial charge on any atom is 0.335 e. The first kappa shape index (κ1) is 12.9. The summed E-state index contributed by atoms with van der Waals surface area (Å²) < 4.78 is 0. The molecule has 0 aliphatic carbocycles. The van der Waals surface area contributed by atoms with E-state index < -0.39 is 17.8 Å². The number of amides is 2. The SMILES string of the molecule is Cl.O=C(O)c1cccc(N2C(=O)C=CC2=O)c1. The van der Waals surface area contributed by atoms with Gasteiger partial charge in [0.1, 0.15) is 0 Å². The number of hydrogen-bond donors (Lipinski definition) is 1. The molecule has 5 nitrogen and oxygen atoms in total. The molecular formula is C11H8ClNO4. The van der Waals surface area contributed by atoms with Gasteiger partial charge in [-0.1, -0.05) is 6.07 Å². The van der Waals surface area contributed by atoms with Crippen LogP contribution in [-0.4, -0.2) is 22.9 Å². The molecule has 0 unspecified atom stereocenters. The molecule has 2 rings (SSSR count). The lowest BCUT2D eigenvalue weighted by atomic mass is 10.2. The number of benzene rings is 1. The van der Waals surface area contributed by atoms with Gasteiger partial charge < -0.3 is 5.11 Å². The maximum atomic E-state index is 11.3. The largest absolute Gasteiger partial charge is 0.478 e. The van der Waals surface area contributed by atoms with Crippen molar-refractivity contribution in [3.63, 3.8) is 0 Å².